The summed E-state index contributed by atoms with van der Waals surface area (Å²) in [5.41, 5.74) is 14.6. The minimum Gasteiger partial charge on any atom is -0.480 e. The SMILES string of the molecule is CC(C)C[C@H](N)C(=O)O.CC(C)[C@H](NC(=O)OCC1c2ccccc2-c2ccccc21)C(=O)O.C[C@H](N)C(=O)O. The number of ether oxygens (including phenoxy) is 1. The fraction of sp³-hybridized carbons (Fsp3) is 0.448. The summed E-state index contributed by atoms with van der Waals surface area (Å²) in [6, 6.07) is 13.7. The molecule has 0 heterocycles. The number of alkyl carbamates (subject to hydrolysis) is 1. The van der Waals surface area contributed by atoms with Gasteiger partial charge in [-0.2, -0.15) is 0 Å². The Kier molecular flexibility index (Phi) is 13.8. The maximum absolute atomic E-state index is 12.0. The van der Waals surface area contributed by atoms with E-state index in [1.165, 1.54) is 6.92 Å². The van der Waals surface area contributed by atoms with E-state index in [1.54, 1.807) is 13.8 Å². The first-order valence-corrected chi connectivity index (χ1v) is 13.0. The standard InChI is InChI=1S/C20H21NO4.C6H13NO2.C3H7NO2/c1-12(2)18(19(22)23)21-20(24)25-11-17-15-9-5-3-7-13(15)14-8-4-6-10-16(14)17;1-4(2)3-5(7)6(8)9;1-2(4)3(5)6/h3-10,12,17-18H,11H2,1-2H3,(H,21,24)(H,22,23);4-5H,3,7H2,1-2H3,(H,8,9);2H,4H2,1H3,(H,5,6)/t18-;5-;2-/m000/s1. The van der Waals surface area contributed by atoms with Gasteiger partial charge in [-0.05, 0) is 47.4 Å². The number of carboxylic acids is 3. The average molecular weight is 560 g/mol. The van der Waals surface area contributed by atoms with Gasteiger partial charge in [-0.15, -0.1) is 0 Å². The number of amides is 1. The van der Waals surface area contributed by atoms with Crippen LogP contribution in [0.4, 0.5) is 4.79 Å². The molecule has 8 N–H and O–H groups in total. The maximum Gasteiger partial charge on any atom is 0.407 e. The van der Waals surface area contributed by atoms with Gasteiger partial charge in [0.25, 0.3) is 0 Å². The molecule has 11 heteroatoms. The minimum absolute atomic E-state index is 0.0412. The van der Waals surface area contributed by atoms with Crippen LogP contribution in [0.1, 0.15) is 58.1 Å². The van der Waals surface area contributed by atoms with E-state index in [0.717, 1.165) is 22.3 Å². The molecule has 0 bridgehead atoms. The third-order valence-electron chi connectivity index (χ3n) is 5.98. The Balaban J connectivity index is 0.000000441. The molecule has 1 aliphatic carbocycles. The number of hydrogen-bond acceptors (Lipinski definition) is 7. The van der Waals surface area contributed by atoms with Crippen LogP contribution < -0.4 is 16.8 Å². The molecule has 0 saturated carbocycles. The number of carbonyl (C=O) groups is 4. The van der Waals surface area contributed by atoms with Crippen molar-refractivity contribution >= 4 is 24.0 Å². The monoisotopic (exact) mass is 559 g/mol. The lowest BCUT2D eigenvalue weighted by molar-refractivity contribution is -0.141. The van der Waals surface area contributed by atoms with Gasteiger partial charge in [0, 0.05) is 5.92 Å². The molecule has 11 nitrogen and oxygen atoms in total. The number of fused-ring (bicyclic) bond motifs is 3. The summed E-state index contributed by atoms with van der Waals surface area (Å²) < 4.78 is 5.36. The first-order chi connectivity index (χ1) is 18.7. The van der Waals surface area contributed by atoms with Crippen LogP contribution in [-0.4, -0.2) is 64.1 Å². The zero-order valence-corrected chi connectivity index (χ0v) is 23.5. The zero-order chi connectivity index (χ0) is 30.6. The third-order valence-corrected chi connectivity index (χ3v) is 5.98. The lowest BCUT2D eigenvalue weighted by Crippen LogP contribution is -2.44. The fourth-order valence-electron chi connectivity index (χ4n) is 3.89. The van der Waals surface area contributed by atoms with Crippen LogP contribution >= 0.6 is 0 Å². The summed E-state index contributed by atoms with van der Waals surface area (Å²) in [7, 11) is 0. The number of hydrogen-bond donors (Lipinski definition) is 6. The van der Waals surface area contributed by atoms with Crippen LogP contribution in [0.25, 0.3) is 11.1 Å². The van der Waals surface area contributed by atoms with Crippen LogP contribution in [0.15, 0.2) is 48.5 Å². The molecule has 1 amide bonds. The van der Waals surface area contributed by atoms with Crippen molar-refractivity contribution in [2.75, 3.05) is 6.61 Å². The molecular weight excluding hydrogens is 518 g/mol. The number of benzene rings is 2. The zero-order valence-electron chi connectivity index (χ0n) is 23.5. The molecule has 0 fully saturated rings. The van der Waals surface area contributed by atoms with Gasteiger partial charge in [0.05, 0.1) is 0 Å². The van der Waals surface area contributed by atoms with Gasteiger partial charge in [-0.1, -0.05) is 76.2 Å². The second-order valence-electron chi connectivity index (χ2n) is 10.2. The lowest BCUT2D eigenvalue weighted by atomic mass is 9.98. The first-order valence-electron chi connectivity index (χ1n) is 13.0. The van der Waals surface area contributed by atoms with Gasteiger partial charge >= 0.3 is 24.0 Å². The average Bonchev–Trinajstić information content (AvgIpc) is 3.19. The Morgan fingerprint density at radius 3 is 1.57 bits per heavy atom. The van der Waals surface area contributed by atoms with E-state index < -0.39 is 42.1 Å². The van der Waals surface area contributed by atoms with Crippen LogP contribution in [0.2, 0.25) is 0 Å². The number of aliphatic carboxylic acids is 3. The number of nitrogens with two attached hydrogens (primary N) is 2. The number of nitrogens with one attached hydrogen (secondary N) is 1. The molecule has 220 valence electrons. The predicted molar refractivity (Wildman–Crippen MR) is 151 cm³/mol. The molecule has 0 radical (unpaired) electrons. The van der Waals surface area contributed by atoms with Crippen molar-refractivity contribution in [2.45, 2.75) is 65.1 Å². The van der Waals surface area contributed by atoms with Crippen LogP contribution in [0.3, 0.4) is 0 Å². The lowest BCUT2D eigenvalue weighted by Gasteiger charge is -2.19. The molecule has 0 unspecified atom stereocenters. The van der Waals surface area contributed by atoms with Gasteiger partial charge in [-0.25, -0.2) is 9.59 Å². The highest BCUT2D eigenvalue weighted by Gasteiger charge is 2.30. The quantitative estimate of drug-likeness (QED) is 0.264. The molecule has 1 aliphatic rings. The number of carbonyl (C=O) groups excluding carboxylic acids is 1. The van der Waals surface area contributed by atoms with Gasteiger partial charge in [-0.3, -0.25) is 9.59 Å². The van der Waals surface area contributed by atoms with Gasteiger partial charge in [0.15, 0.2) is 0 Å². The summed E-state index contributed by atoms with van der Waals surface area (Å²) in [4.78, 5) is 42.9. The van der Waals surface area contributed by atoms with E-state index in [-0.39, 0.29) is 18.4 Å². The Hall–Kier alpha value is -3.96. The highest BCUT2D eigenvalue weighted by Crippen LogP contribution is 2.44. The van der Waals surface area contributed by atoms with Crippen molar-refractivity contribution in [3.63, 3.8) is 0 Å². The van der Waals surface area contributed by atoms with Crippen molar-refractivity contribution in [3.05, 3.63) is 59.7 Å². The smallest absolute Gasteiger partial charge is 0.407 e. The number of carboxylic acid groups (broad SMARTS) is 3. The molecule has 3 atom stereocenters. The van der Waals surface area contributed by atoms with E-state index in [0.29, 0.717) is 12.3 Å². The van der Waals surface area contributed by atoms with E-state index in [2.05, 4.69) is 17.4 Å². The van der Waals surface area contributed by atoms with E-state index in [4.69, 9.17) is 31.5 Å². The minimum atomic E-state index is -1.07. The van der Waals surface area contributed by atoms with Crippen molar-refractivity contribution in [1.29, 1.82) is 0 Å². The summed E-state index contributed by atoms with van der Waals surface area (Å²) in [5, 5.41) is 27.8. The van der Waals surface area contributed by atoms with Crippen molar-refractivity contribution < 1.29 is 39.2 Å². The maximum atomic E-state index is 12.0. The van der Waals surface area contributed by atoms with E-state index in [9.17, 15) is 19.2 Å². The van der Waals surface area contributed by atoms with Crippen molar-refractivity contribution in [2.24, 2.45) is 23.3 Å². The molecule has 0 aromatic heterocycles. The predicted octanol–water partition coefficient (Wildman–Crippen LogP) is 3.50. The van der Waals surface area contributed by atoms with Crippen LogP contribution in [-0.2, 0) is 19.1 Å². The van der Waals surface area contributed by atoms with Gasteiger partial charge in [0.2, 0.25) is 0 Å². The molecular formula is C29H41N3O8. The molecule has 3 rings (SSSR count). The topological polar surface area (TPSA) is 202 Å². The first kappa shape index (κ1) is 34.1. The van der Waals surface area contributed by atoms with E-state index >= 15 is 0 Å². The normalized spacial score (nSPS) is 13.8. The Morgan fingerprint density at radius 2 is 1.25 bits per heavy atom. The fourth-order valence-corrected chi connectivity index (χ4v) is 3.89. The summed E-state index contributed by atoms with van der Waals surface area (Å²) in [6.45, 7) is 8.96. The molecule has 0 aliphatic heterocycles. The molecule has 2 aromatic carbocycles. The number of rotatable bonds is 9. The van der Waals surface area contributed by atoms with Gasteiger partial charge in [0.1, 0.15) is 24.7 Å². The van der Waals surface area contributed by atoms with Crippen LogP contribution in [0, 0.1) is 11.8 Å². The highest BCUT2D eigenvalue weighted by molar-refractivity contribution is 5.81. The second-order valence-corrected chi connectivity index (χ2v) is 10.2. The van der Waals surface area contributed by atoms with Crippen molar-refractivity contribution in [1.82, 2.24) is 5.32 Å². The molecule has 0 saturated heterocycles. The third kappa shape index (κ3) is 10.7. The van der Waals surface area contributed by atoms with E-state index in [1.807, 2.05) is 50.2 Å². The largest absolute Gasteiger partial charge is 0.480 e. The molecule has 2 aromatic rings. The Morgan fingerprint density at radius 1 is 0.800 bits per heavy atom. The highest BCUT2D eigenvalue weighted by atomic mass is 16.5. The Bertz CT molecular complexity index is 1100. The van der Waals surface area contributed by atoms with Gasteiger partial charge < -0.3 is 36.8 Å². The summed E-state index contributed by atoms with van der Waals surface area (Å²) in [5.74, 6) is -2.85. The van der Waals surface area contributed by atoms with Crippen molar-refractivity contribution in [3.8, 4) is 11.1 Å². The van der Waals surface area contributed by atoms with Crippen LogP contribution in [0.5, 0.6) is 0 Å². The Labute approximate surface area is 234 Å². The molecule has 0 spiro atoms. The second kappa shape index (κ2) is 16.2. The summed E-state index contributed by atoms with van der Waals surface area (Å²) in [6.07, 6.45) is -0.155. The molecule has 40 heavy (non-hydrogen) atoms. The summed E-state index contributed by atoms with van der Waals surface area (Å²) >= 11 is 0.